The zero-order chi connectivity index (χ0) is 28.1. The fourth-order valence-electron chi connectivity index (χ4n) is 4.37. The number of sulfonamides is 1. The lowest BCUT2D eigenvalue weighted by molar-refractivity contribution is 0.103. The average molecular weight is 552 g/mol. The van der Waals surface area contributed by atoms with E-state index < -0.39 is 27.4 Å². The van der Waals surface area contributed by atoms with Gasteiger partial charge in [-0.05, 0) is 67.4 Å². The first kappa shape index (κ1) is 25.9. The summed E-state index contributed by atoms with van der Waals surface area (Å²) in [5.41, 5.74) is 8.77. The Bertz CT molecular complexity index is 1860. The highest BCUT2D eigenvalue weighted by Crippen LogP contribution is 2.32. The number of ether oxygens (including phenoxy) is 1. The van der Waals surface area contributed by atoms with Crippen LogP contribution in [-0.2, 0) is 10.0 Å². The number of halogens is 2. The monoisotopic (exact) mass is 551 g/mol. The predicted octanol–water partition coefficient (Wildman–Crippen LogP) is 5.23. The molecule has 12 heteroatoms. The number of nitrogen functional groups attached to an aromatic ring is 1. The first-order valence-electron chi connectivity index (χ1n) is 11.6. The molecule has 5 rings (SSSR count). The summed E-state index contributed by atoms with van der Waals surface area (Å²) < 4.78 is 60.7. The number of H-pyrrole nitrogens is 1. The van der Waals surface area contributed by atoms with E-state index in [0.29, 0.717) is 22.3 Å². The minimum atomic E-state index is -3.70. The molecule has 0 aliphatic rings. The van der Waals surface area contributed by atoms with Gasteiger partial charge in [0.05, 0.1) is 35.1 Å². The number of hydrogen-bond donors (Lipinski definition) is 3. The number of aryl methyl sites for hydroxylation is 2. The number of anilines is 2. The fourth-order valence-corrected chi connectivity index (χ4v) is 4.93. The first-order chi connectivity index (χ1) is 18.4. The van der Waals surface area contributed by atoms with E-state index in [4.69, 9.17) is 10.5 Å². The Labute approximate surface area is 222 Å². The Morgan fingerprint density at radius 3 is 2.41 bits per heavy atom. The molecule has 0 aliphatic carbocycles. The summed E-state index contributed by atoms with van der Waals surface area (Å²) in [6, 6.07) is 13.4. The number of benzene rings is 3. The summed E-state index contributed by atoms with van der Waals surface area (Å²) in [5.74, 6) is -1.16. The Hall–Kier alpha value is -4.71. The minimum absolute atomic E-state index is 0.0817. The van der Waals surface area contributed by atoms with Crippen LogP contribution in [0.25, 0.3) is 16.6 Å². The quantitative estimate of drug-likeness (QED) is 0.238. The molecule has 0 bridgehead atoms. The Balaban J connectivity index is 1.46. The van der Waals surface area contributed by atoms with Crippen LogP contribution < -0.4 is 15.2 Å². The highest BCUT2D eigenvalue weighted by atomic mass is 32.2. The van der Waals surface area contributed by atoms with Crippen molar-refractivity contribution in [3.63, 3.8) is 0 Å². The van der Waals surface area contributed by atoms with Crippen LogP contribution in [0, 0.1) is 25.5 Å². The molecule has 0 amide bonds. The predicted molar refractivity (Wildman–Crippen MR) is 144 cm³/mol. The van der Waals surface area contributed by atoms with Gasteiger partial charge in [-0.3, -0.25) is 9.52 Å². The molecule has 0 radical (unpaired) electrons. The van der Waals surface area contributed by atoms with Crippen molar-refractivity contribution in [1.82, 2.24) is 14.8 Å². The van der Waals surface area contributed by atoms with Gasteiger partial charge >= 0.3 is 0 Å². The lowest BCUT2D eigenvalue weighted by Crippen LogP contribution is -2.10. The molecule has 4 N–H and O–H groups in total. The van der Waals surface area contributed by atoms with Crippen molar-refractivity contribution in [3.8, 4) is 17.2 Å². The van der Waals surface area contributed by atoms with Crippen LogP contribution in [0.3, 0.4) is 0 Å². The Kier molecular flexibility index (Phi) is 6.35. The maximum atomic E-state index is 14.4. The third-order valence-electron chi connectivity index (χ3n) is 6.04. The molecule has 2 heterocycles. The van der Waals surface area contributed by atoms with E-state index in [1.165, 1.54) is 35.1 Å². The van der Waals surface area contributed by atoms with Gasteiger partial charge in [-0.1, -0.05) is 12.1 Å². The van der Waals surface area contributed by atoms with Crippen LogP contribution in [0.4, 0.5) is 20.3 Å². The highest BCUT2D eigenvalue weighted by Gasteiger charge is 2.22. The largest absolute Gasteiger partial charge is 0.454 e. The molecule has 9 nitrogen and oxygen atoms in total. The van der Waals surface area contributed by atoms with Crippen LogP contribution in [0.1, 0.15) is 27.2 Å². The molecule has 0 atom stereocenters. The summed E-state index contributed by atoms with van der Waals surface area (Å²) in [4.78, 5) is 16.2. The maximum Gasteiger partial charge on any atom is 0.229 e. The number of ketones is 1. The molecule has 200 valence electrons. The molecule has 0 spiro atoms. The lowest BCUT2D eigenvalue weighted by atomic mass is 10.1. The number of nitrogens with one attached hydrogen (secondary N) is 2. The van der Waals surface area contributed by atoms with Crippen LogP contribution in [0.15, 0.2) is 60.8 Å². The Morgan fingerprint density at radius 1 is 1.05 bits per heavy atom. The number of nitrogens with zero attached hydrogens (tertiary/aromatic N) is 2. The SMILES string of the molecule is Cc1cc(Oc2ccccc2F)cc(C)c1-n1ncc(C(=O)c2cc3cc(F)c(NS(C)(=O)=O)cc3[nH]2)c1N. The van der Waals surface area contributed by atoms with Gasteiger partial charge in [-0.2, -0.15) is 5.10 Å². The molecule has 0 aliphatic heterocycles. The number of hydrogen-bond acceptors (Lipinski definition) is 6. The normalized spacial score (nSPS) is 11.6. The minimum Gasteiger partial charge on any atom is -0.454 e. The number of fused-ring (bicyclic) bond motifs is 1. The topological polar surface area (TPSA) is 132 Å². The van der Waals surface area contributed by atoms with Crippen molar-refractivity contribution in [3.05, 3.63) is 94.8 Å². The molecule has 5 aromatic rings. The number of carbonyl (C=O) groups is 1. The Morgan fingerprint density at radius 2 is 1.74 bits per heavy atom. The number of nitrogens with two attached hydrogens (primary N) is 1. The van der Waals surface area contributed by atoms with Gasteiger partial charge in [0.1, 0.15) is 17.4 Å². The molecular formula is C27H23F2N5O4S. The fraction of sp³-hybridized carbons (Fsp3) is 0.111. The van der Waals surface area contributed by atoms with Gasteiger partial charge in [-0.25, -0.2) is 21.9 Å². The molecule has 0 unspecified atom stereocenters. The maximum absolute atomic E-state index is 14.4. The molecule has 2 aromatic heterocycles. The number of aromatic amines is 1. The highest BCUT2D eigenvalue weighted by molar-refractivity contribution is 7.92. The second-order valence-corrected chi connectivity index (χ2v) is 10.8. The van der Waals surface area contributed by atoms with E-state index in [9.17, 15) is 22.0 Å². The molecule has 3 aromatic carbocycles. The molecule has 0 fully saturated rings. The molecular weight excluding hydrogens is 528 g/mol. The van der Waals surface area contributed by atoms with E-state index in [2.05, 4.69) is 14.8 Å². The van der Waals surface area contributed by atoms with Crippen LogP contribution >= 0.6 is 0 Å². The first-order valence-corrected chi connectivity index (χ1v) is 13.5. The van der Waals surface area contributed by atoms with E-state index in [1.54, 1.807) is 24.3 Å². The summed E-state index contributed by atoms with van der Waals surface area (Å²) in [6.07, 6.45) is 2.25. The zero-order valence-electron chi connectivity index (χ0n) is 21.0. The number of carbonyl (C=O) groups excluding carboxylic acids is 1. The number of para-hydroxylation sites is 1. The van der Waals surface area contributed by atoms with E-state index in [1.807, 2.05) is 13.8 Å². The summed E-state index contributed by atoms with van der Waals surface area (Å²) in [7, 11) is -3.70. The lowest BCUT2D eigenvalue weighted by Gasteiger charge is -2.15. The van der Waals surface area contributed by atoms with Crippen LogP contribution in [0.2, 0.25) is 0 Å². The summed E-state index contributed by atoms with van der Waals surface area (Å²) >= 11 is 0. The van der Waals surface area contributed by atoms with E-state index in [0.717, 1.165) is 23.4 Å². The second-order valence-electron chi connectivity index (χ2n) is 9.10. The van der Waals surface area contributed by atoms with Gasteiger partial charge < -0.3 is 15.5 Å². The molecule has 0 saturated heterocycles. The average Bonchev–Trinajstić information content (AvgIpc) is 3.42. The number of rotatable bonds is 7. The van der Waals surface area contributed by atoms with Crippen molar-refractivity contribution in [2.24, 2.45) is 0 Å². The van der Waals surface area contributed by atoms with Gasteiger partial charge in [-0.15, -0.1) is 0 Å². The van der Waals surface area contributed by atoms with Crippen LogP contribution in [-0.4, -0.2) is 35.2 Å². The van der Waals surface area contributed by atoms with Crippen molar-refractivity contribution in [1.29, 1.82) is 0 Å². The van der Waals surface area contributed by atoms with E-state index >= 15 is 0 Å². The molecule has 39 heavy (non-hydrogen) atoms. The van der Waals surface area contributed by atoms with Gasteiger partial charge in [0.2, 0.25) is 15.8 Å². The summed E-state index contributed by atoms with van der Waals surface area (Å²) in [5, 5.41) is 4.70. The standard InChI is InChI=1S/C27H23F2N5O4S/c1-14-8-17(38-24-7-5-4-6-19(24)28)9-15(2)25(14)34-27(30)18(13-31-34)26(35)23-11-16-10-20(29)22(12-21(16)32-23)33-39(3,36)37/h4-13,32-33H,30H2,1-3H3. The number of aromatic nitrogens is 3. The van der Waals surface area contributed by atoms with Crippen molar-refractivity contribution < 1.29 is 26.7 Å². The van der Waals surface area contributed by atoms with E-state index in [-0.39, 0.29) is 28.5 Å². The van der Waals surface area contributed by atoms with Gasteiger partial charge in [0, 0.05) is 10.9 Å². The van der Waals surface area contributed by atoms with Gasteiger partial charge in [0.25, 0.3) is 0 Å². The van der Waals surface area contributed by atoms with Gasteiger partial charge in [0.15, 0.2) is 11.6 Å². The van der Waals surface area contributed by atoms with Crippen molar-refractivity contribution >= 4 is 38.2 Å². The van der Waals surface area contributed by atoms with Crippen molar-refractivity contribution in [2.45, 2.75) is 13.8 Å². The van der Waals surface area contributed by atoms with Crippen LogP contribution in [0.5, 0.6) is 11.5 Å². The van der Waals surface area contributed by atoms with Crippen molar-refractivity contribution in [2.75, 3.05) is 16.7 Å². The molecule has 0 saturated carbocycles. The second kappa shape index (κ2) is 9.55. The summed E-state index contributed by atoms with van der Waals surface area (Å²) in [6.45, 7) is 3.63. The third-order valence-corrected chi connectivity index (χ3v) is 6.63. The zero-order valence-corrected chi connectivity index (χ0v) is 21.9. The smallest absolute Gasteiger partial charge is 0.229 e. The third kappa shape index (κ3) is 5.06.